The first kappa shape index (κ1) is 16.0. The predicted octanol–water partition coefficient (Wildman–Crippen LogP) is 5.57. The molecular formula is C17H19Cl2NO. The summed E-state index contributed by atoms with van der Waals surface area (Å²) in [7, 11) is 0. The van der Waals surface area contributed by atoms with E-state index in [9.17, 15) is 0 Å². The van der Waals surface area contributed by atoms with Crippen LogP contribution in [-0.2, 0) is 0 Å². The maximum absolute atomic E-state index is 6.01. The molecule has 0 aromatic heterocycles. The number of hydrogen-bond donors (Lipinski definition) is 1. The third kappa shape index (κ3) is 4.83. The van der Waals surface area contributed by atoms with Crippen molar-refractivity contribution >= 4 is 28.9 Å². The number of benzene rings is 2. The van der Waals surface area contributed by atoms with Crippen molar-refractivity contribution < 1.29 is 4.74 Å². The van der Waals surface area contributed by atoms with Gasteiger partial charge in [-0.05, 0) is 49.2 Å². The van der Waals surface area contributed by atoms with Gasteiger partial charge >= 0.3 is 0 Å². The first-order valence-electron chi connectivity index (χ1n) is 7.00. The summed E-state index contributed by atoms with van der Waals surface area (Å²) >= 11 is 11.9. The number of nitrogens with one attached hydrogen (secondary N) is 1. The Hall–Kier alpha value is -1.38. The molecule has 0 aliphatic rings. The highest BCUT2D eigenvalue weighted by molar-refractivity contribution is 6.42. The lowest BCUT2D eigenvalue weighted by Crippen LogP contribution is -2.25. The molecule has 0 bridgehead atoms. The molecule has 2 nitrogen and oxygen atoms in total. The zero-order valence-electron chi connectivity index (χ0n) is 12.2. The quantitative estimate of drug-likeness (QED) is 0.750. The maximum atomic E-state index is 6.01. The van der Waals surface area contributed by atoms with Crippen molar-refractivity contribution in [3.05, 3.63) is 58.1 Å². The zero-order valence-corrected chi connectivity index (χ0v) is 13.7. The minimum absolute atomic E-state index is 0.0984. The van der Waals surface area contributed by atoms with Crippen molar-refractivity contribution in [3.63, 3.8) is 0 Å². The van der Waals surface area contributed by atoms with Crippen LogP contribution in [0.1, 0.15) is 18.9 Å². The summed E-state index contributed by atoms with van der Waals surface area (Å²) in [5, 5.41) is 4.44. The van der Waals surface area contributed by atoms with Crippen LogP contribution in [0.4, 0.5) is 5.69 Å². The summed E-state index contributed by atoms with van der Waals surface area (Å²) in [6.45, 7) is 4.88. The smallest absolute Gasteiger partial charge is 0.120 e. The second-order valence-electron chi connectivity index (χ2n) is 4.97. The summed E-state index contributed by atoms with van der Waals surface area (Å²) in [6, 6.07) is 13.6. The molecule has 0 fully saturated rings. The molecular weight excluding hydrogens is 305 g/mol. The first-order valence-corrected chi connectivity index (χ1v) is 7.76. The van der Waals surface area contributed by atoms with Crippen molar-refractivity contribution in [1.29, 1.82) is 0 Å². The van der Waals surface area contributed by atoms with Gasteiger partial charge in [-0.1, -0.05) is 42.3 Å². The van der Waals surface area contributed by atoms with Crippen molar-refractivity contribution in [2.45, 2.75) is 26.4 Å². The monoisotopic (exact) mass is 323 g/mol. The third-order valence-electron chi connectivity index (χ3n) is 3.20. The molecule has 1 atom stereocenters. The standard InChI is InChI=1S/C17H19Cl2NO/c1-3-14(21-15-6-4-5-12(2)9-15)11-20-13-7-8-16(18)17(19)10-13/h4-10,14,20H,3,11H2,1-2H3/t14-/m1/s1. The zero-order chi connectivity index (χ0) is 15.2. The van der Waals surface area contributed by atoms with Gasteiger partial charge in [0.15, 0.2) is 0 Å². The minimum Gasteiger partial charge on any atom is -0.489 e. The van der Waals surface area contributed by atoms with E-state index in [1.165, 1.54) is 5.56 Å². The highest BCUT2D eigenvalue weighted by Crippen LogP contribution is 2.25. The summed E-state index contributed by atoms with van der Waals surface area (Å²) in [4.78, 5) is 0. The fourth-order valence-corrected chi connectivity index (χ4v) is 2.29. The van der Waals surface area contributed by atoms with Crippen LogP contribution in [0.3, 0.4) is 0 Å². The predicted molar refractivity (Wildman–Crippen MR) is 90.8 cm³/mol. The Morgan fingerprint density at radius 2 is 1.90 bits per heavy atom. The topological polar surface area (TPSA) is 21.3 Å². The van der Waals surface area contributed by atoms with E-state index >= 15 is 0 Å². The van der Waals surface area contributed by atoms with Crippen LogP contribution in [0.2, 0.25) is 10.0 Å². The summed E-state index contributed by atoms with van der Waals surface area (Å²) in [5.74, 6) is 0.901. The Kier molecular flexibility index (Phi) is 5.77. The molecule has 0 radical (unpaired) electrons. The lowest BCUT2D eigenvalue weighted by molar-refractivity contribution is 0.210. The van der Waals surface area contributed by atoms with Crippen LogP contribution in [-0.4, -0.2) is 12.6 Å². The molecule has 0 saturated heterocycles. The Balaban J connectivity index is 1.94. The van der Waals surface area contributed by atoms with Crippen LogP contribution in [0, 0.1) is 6.92 Å². The Labute approximate surface area is 136 Å². The SMILES string of the molecule is CC[C@H](CNc1ccc(Cl)c(Cl)c1)Oc1cccc(C)c1. The number of halogens is 2. The second kappa shape index (κ2) is 7.58. The molecule has 2 aromatic rings. The molecule has 0 aliphatic carbocycles. The normalized spacial score (nSPS) is 12.0. The van der Waals surface area contributed by atoms with Gasteiger partial charge in [0, 0.05) is 5.69 Å². The van der Waals surface area contributed by atoms with Gasteiger partial charge in [0.1, 0.15) is 11.9 Å². The van der Waals surface area contributed by atoms with Crippen molar-refractivity contribution in [2.24, 2.45) is 0 Å². The van der Waals surface area contributed by atoms with Crippen LogP contribution in [0.15, 0.2) is 42.5 Å². The van der Waals surface area contributed by atoms with Crippen molar-refractivity contribution in [3.8, 4) is 5.75 Å². The Bertz CT molecular complexity index is 601. The van der Waals surface area contributed by atoms with E-state index in [4.69, 9.17) is 27.9 Å². The van der Waals surface area contributed by atoms with Crippen LogP contribution in [0.25, 0.3) is 0 Å². The molecule has 0 heterocycles. The maximum Gasteiger partial charge on any atom is 0.120 e. The molecule has 0 spiro atoms. The van der Waals surface area contributed by atoms with Gasteiger partial charge in [-0.3, -0.25) is 0 Å². The van der Waals surface area contributed by atoms with Gasteiger partial charge < -0.3 is 10.1 Å². The molecule has 2 aromatic carbocycles. The number of anilines is 1. The first-order chi connectivity index (χ1) is 10.1. The summed E-state index contributed by atoms with van der Waals surface area (Å²) in [5.41, 5.74) is 2.13. The number of aryl methyl sites for hydroxylation is 1. The van der Waals surface area contributed by atoms with Gasteiger partial charge in [-0.15, -0.1) is 0 Å². The highest BCUT2D eigenvalue weighted by Gasteiger charge is 2.09. The van der Waals surface area contributed by atoms with E-state index in [1.54, 1.807) is 6.07 Å². The van der Waals surface area contributed by atoms with Gasteiger partial charge in [-0.25, -0.2) is 0 Å². The average molecular weight is 324 g/mol. The molecule has 2 rings (SSSR count). The third-order valence-corrected chi connectivity index (χ3v) is 3.94. The largest absolute Gasteiger partial charge is 0.489 e. The molecule has 0 saturated carbocycles. The fraction of sp³-hybridized carbons (Fsp3) is 0.294. The van der Waals surface area contributed by atoms with E-state index < -0.39 is 0 Å². The van der Waals surface area contributed by atoms with E-state index in [1.807, 2.05) is 30.3 Å². The van der Waals surface area contributed by atoms with Crippen LogP contribution >= 0.6 is 23.2 Å². The van der Waals surface area contributed by atoms with Gasteiger partial charge in [-0.2, -0.15) is 0 Å². The van der Waals surface area contributed by atoms with Gasteiger partial charge in [0.05, 0.1) is 16.6 Å². The number of hydrogen-bond acceptors (Lipinski definition) is 2. The molecule has 0 unspecified atom stereocenters. The van der Waals surface area contributed by atoms with Gasteiger partial charge in [0.2, 0.25) is 0 Å². The summed E-state index contributed by atoms with van der Waals surface area (Å²) in [6.07, 6.45) is 1.02. The number of ether oxygens (including phenoxy) is 1. The second-order valence-corrected chi connectivity index (χ2v) is 5.79. The lowest BCUT2D eigenvalue weighted by atomic mass is 10.2. The molecule has 0 aliphatic heterocycles. The van der Waals surface area contributed by atoms with Crippen LogP contribution < -0.4 is 10.1 Å². The number of rotatable bonds is 6. The van der Waals surface area contributed by atoms with Crippen molar-refractivity contribution in [1.82, 2.24) is 0 Å². The van der Waals surface area contributed by atoms with E-state index in [0.29, 0.717) is 16.6 Å². The van der Waals surface area contributed by atoms with E-state index in [0.717, 1.165) is 17.9 Å². The van der Waals surface area contributed by atoms with E-state index in [2.05, 4.69) is 25.2 Å². The molecule has 112 valence electrons. The van der Waals surface area contributed by atoms with Crippen molar-refractivity contribution in [2.75, 3.05) is 11.9 Å². The van der Waals surface area contributed by atoms with Crippen LogP contribution in [0.5, 0.6) is 5.75 Å². The molecule has 4 heteroatoms. The van der Waals surface area contributed by atoms with Gasteiger partial charge in [0.25, 0.3) is 0 Å². The minimum atomic E-state index is 0.0984. The van der Waals surface area contributed by atoms with E-state index in [-0.39, 0.29) is 6.10 Å². The average Bonchev–Trinajstić information content (AvgIpc) is 2.47. The Morgan fingerprint density at radius 3 is 2.57 bits per heavy atom. The molecule has 1 N–H and O–H groups in total. The Morgan fingerprint density at radius 1 is 1.10 bits per heavy atom. The lowest BCUT2D eigenvalue weighted by Gasteiger charge is -2.19. The summed E-state index contributed by atoms with van der Waals surface area (Å²) < 4.78 is 6.00. The highest BCUT2D eigenvalue weighted by atomic mass is 35.5. The fourth-order valence-electron chi connectivity index (χ4n) is 1.99. The molecule has 21 heavy (non-hydrogen) atoms. The molecule has 0 amide bonds.